The second kappa shape index (κ2) is 7.09. The molecule has 6 heteroatoms. The topological polar surface area (TPSA) is 81.5 Å². The molecule has 0 amide bonds. The van der Waals surface area contributed by atoms with Crippen LogP contribution >= 0.6 is 12.4 Å². The maximum absolute atomic E-state index is 10.6. The predicted molar refractivity (Wildman–Crippen MR) is 77.9 cm³/mol. The Morgan fingerprint density at radius 2 is 2.00 bits per heavy atom. The summed E-state index contributed by atoms with van der Waals surface area (Å²) in [4.78, 5) is 14.7. The number of benzene rings is 1. The van der Waals surface area contributed by atoms with Gasteiger partial charge in [0, 0.05) is 18.6 Å². The summed E-state index contributed by atoms with van der Waals surface area (Å²) in [6, 6.07) is 6.90. The molecular weight excluding hydrogens is 266 g/mol. The minimum Gasteiger partial charge on any atom is -0.387 e. The van der Waals surface area contributed by atoms with Crippen LogP contribution in [0.1, 0.15) is 31.2 Å². The highest BCUT2D eigenvalue weighted by Gasteiger charge is 2.13. The van der Waals surface area contributed by atoms with E-state index in [4.69, 9.17) is 5.73 Å². The van der Waals surface area contributed by atoms with Crippen LogP contribution in [-0.4, -0.2) is 16.8 Å². The largest absolute Gasteiger partial charge is 0.387 e. The van der Waals surface area contributed by atoms with E-state index in [0.717, 1.165) is 43.5 Å². The van der Waals surface area contributed by atoms with Crippen molar-refractivity contribution in [2.24, 2.45) is 10.7 Å². The van der Waals surface area contributed by atoms with Crippen molar-refractivity contribution in [3.05, 3.63) is 39.9 Å². The van der Waals surface area contributed by atoms with Crippen LogP contribution in [0.4, 0.5) is 5.69 Å². The van der Waals surface area contributed by atoms with Gasteiger partial charge in [-0.1, -0.05) is 18.6 Å². The Bertz CT molecular complexity index is 459. The fourth-order valence-electron chi connectivity index (χ4n) is 2.22. The Kier molecular flexibility index (Phi) is 5.76. The van der Waals surface area contributed by atoms with Gasteiger partial charge in [0.25, 0.3) is 5.69 Å². The van der Waals surface area contributed by atoms with Crippen LogP contribution in [0.2, 0.25) is 0 Å². The minimum absolute atomic E-state index is 0. The molecule has 0 bridgehead atoms. The first-order valence-corrected chi connectivity index (χ1v) is 6.20. The summed E-state index contributed by atoms with van der Waals surface area (Å²) in [6.07, 6.45) is 4.97. The van der Waals surface area contributed by atoms with E-state index < -0.39 is 0 Å². The van der Waals surface area contributed by atoms with Gasteiger partial charge in [0.15, 0.2) is 0 Å². The van der Waals surface area contributed by atoms with Gasteiger partial charge < -0.3 is 5.73 Å². The SMILES string of the molecule is Cl.NC1=NC(Cc2ccc([N+](=O)[O-])cc2)CCCC1. The molecule has 1 aliphatic rings. The van der Waals surface area contributed by atoms with E-state index in [-0.39, 0.29) is 29.1 Å². The lowest BCUT2D eigenvalue weighted by Crippen LogP contribution is -2.15. The molecule has 2 N–H and O–H groups in total. The molecule has 0 fully saturated rings. The highest BCUT2D eigenvalue weighted by molar-refractivity contribution is 5.85. The Balaban J connectivity index is 0.00000180. The van der Waals surface area contributed by atoms with E-state index in [2.05, 4.69) is 4.99 Å². The molecule has 1 aliphatic heterocycles. The number of halogens is 1. The van der Waals surface area contributed by atoms with Crippen molar-refractivity contribution in [3.8, 4) is 0 Å². The zero-order valence-corrected chi connectivity index (χ0v) is 11.4. The number of rotatable bonds is 3. The first kappa shape index (κ1) is 15.4. The molecule has 0 aromatic heterocycles. The maximum atomic E-state index is 10.6. The van der Waals surface area contributed by atoms with E-state index >= 15 is 0 Å². The molecule has 0 radical (unpaired) electrons. The number of nitro benzene ring substituents is 1. The van der Waals surface area contributed by atoms with Gasteiger partial charge in [0.1, 0.15) is 0 Å². The summed E-state index contributed by atoms with van der Waals surface area (Å²) >= 11 is 0. The molecule has 104 valence electrons. The van der Waals surface area contributed by atoms with Crippen molar-refractivity contribution in [1.29, 1.82) is 0 Å². The van der Waals surface area contributed by atoms with Crippen molar-refractivity contribution in [1.82, 2.24) is 0 Å². The lowest BCUT2D eigenvalue weighted by molar-refractivity contribution is -0.384. The monoisotopic (exact) mass is 283 g/mol. The minimum atomic E-state index is -0.383. The van der Waals surface area contributed by atoms with Gasteiger partial charge in [-0.05, 0) is 24.8 Å². The predicted octanol–water partition coefficient (Wildman–Crippen LogP) is 2.86. The van der Waals surface area contributed by atoms with Gasteiger partial charge in [-0.2, -0.15) is 0 Å². The number of hydrogen-bond donors (Lipinski definition) is 1. The molecule has 19 heavy (non-hydrogen) atoms. The number of hydrogen-bond acceptors (Lipinski definition) is 4. The van der Waals surface area contributed by atoms with Crippen LogP contribution < -0.4 is 5.73 Å². The molecule has 1 aromatic rings. The Labute approximate surface area is 118 Å². The molecule has 0 aliphatic carbocycles. The smallest absolute Gasteiger partial charge is 0.269 e. The van der Waals surface area contributed by atoms with Gasteiger partial charge in [-0.3, -0.25) is 15.1 Å². The molecule has 0 saturated carbocycles. The molecule has 0 spiro atoms. The average Bonchev–Trinajstić information content (AvgIpc) is 2.54. The Morgan fingerprint density at radius 1 is 1.32 bits per heavy atom. The van der Waals surface area contributed by atoms with Gasteiger partial charge in [0.05, 0.1) is 16.8 Å². The Hall–Kier alpha value is -1.62. The number of nitro groups is 1. The quantitative estimate of drug-likeness (QED) is 0.684. The molecular formula is C13H18ClN3O2. The highest BCUT2D eigenvalue weighted by atomic mass is 35.5. The summed E-state index contributed by atoms with van der Waals surface area (Å²) in [7, 11) is 0. The Morgan fingerprint density at radius 3 is 2.63 bits per heavy atom. The normalized spacial score (nSPS) is 18.9. The average molecular weight is 284 g/mol. The molecule has 2 rings (SSSR count). The maximum Gasteiger partial charge on any atom is 0.269 e. The number of nitrogens with zero attached hydrogens (tertiary/aromatic N) is 2. The van der Waals surface area contributed by atoms with Crippen molar-refractivity contribution < 1.29 is 4.92 Å². The first-order valence-electron chi connectivity index (χ1n) is 6.20. The number of nitrogens with two attached hydrogens (primary N) is 1. The fraction of sp³-hybridized carbons (Fsp3) is 0.462. The van der Waals surface area contributed by atoms with E-state index in [1.54, 1.807) is 24.3 Å². The van der Waals surface area contributed by atoms with Crippen LogP contribution in [0.15, 0.2) is 29.3 Å². The van der Waals surface area contributed by atoms with Crippen LogP contribution in [0.3, 0.4) is 0 Å². The van der Waals surface area contributed by atoms with Crippen LogP contribution in [0, 0.1) is 10.1 Å². The van der Waals surface area contributed by atoms with Gasteiger partial charge in [-0.15, -0.1) is 12.4 Å². The molecule has 1 heterocycles. The van der Waals surface area contributed by atoms with Crippen molar-refractivity contribution in [3.63, 3.8) is 0 Å². The summed E-state index contributed by atoms with van der Waals surface area (Å²) in [6.45, 7) is 0. The third kappa shape index (κ3) is 4.52. The van der Waals surface area contributed by atoms with E-state index in [1.807, 2.05) is 0 Å². The van der Waals surface area contributed by atoms with E-state index in [9.17, 15) is 10.1 Å². The zero-order chi connectivity index (χ0) is 13.0. The fourth-order valence-corrected chi connectivity index (χ4v) is 2.22. The number of aliphatic imine (C=N–C) groups is 1. The van der Waals surface area contributed by atoms with Crippen molar-refractivity contribution >= 4 is 23.9 Å². The summed E-state index contributed by atoms with van der Waals surface area (Å²) in [5, 5.41) is 10.6. The van der Waals surface area contributed by atoms with Crippen molar-refractivity contribution in [2.75, 3.05) is 0 Å². The summed E-state index contributed by atoms with van der Waals surface area (Å²) < 4.78 is 0. The summed E-state index contributed by atoms with van der Waals surface area (Å²) in [5.74, 6) is 0.736. The molecule has 1 aromatic carbocycles. The van der Waals surface area contributed by atoms with Crippen LogP contribution in [0.25, 0.3) is 0 Å². The molecule has 1 atom stereocenters. The molecule has 5 nitrogen and oxygen atoms in total. The molecule has 1 unspecified atom stereocenters. The van der Waals surface area contributed by atoms with Crippen LogP contribution in [-0.2, 0) is 6.42 Å². The second-order valence-electron chi connectivity index (χ2n) is 4.65. The number of amidine groups is 1. The van der Waals surface area contributed by atoms with Crippen LogP contribution in [0.5, 0.6) is 0 Å². The standard InChI is InChI=1S/C13H17N3O2.ClH/c14-13-4-2-1-3-11(15-13)9-10-5-7-12(8-6-10)16(17)18;/h5-8,11H,1-4,9H2,(H2,14,15);1H. The molecule has 0 saturated heterocycles. The lowest BCUT2D eigenvalue weighted by atomic mass is 10.0. The first-order chi connectivity index (χ1) is 8.65. The van der Waals surface area contributed by atoms with Gasteiger partial charge >= 0.3 is 0 Å². The third-order valence-corrected chi connectivity index (χ3v) is 3.19. The van der Waals surface area contributed by atoms with Gasteiger partial charge in [-0.25, -0.2) is 0 Å². The summed E-state index contributed by atoms with van der Waals surface area (Å²) in [5.41, 5.74) is 7.00. The van der Waals surface area contributed by atoms with Gasteiger partial charge in [0.2, 0.25) is 0 Å². The zero-order valence-electron chi connectivity index (χ0n) is 10.6. The van der Waals surface area contributed by atoms with E-state index in [1.165, 1.54) is 0 Å². The third-order valence-electron chi connectivity index (χ3n) is 3.19. The second-order valence-corrected chi connectivity index (χ2v) is 4.65. The number of non-ortho nitro benzene ring substituents is 1. The van der Waals surface area contributed by atoms with E-state index in [0.29, 0.717) is 0 Å². The lowest BCUT2D eigenvalue weighted by Gasteiger charge is -2.10. The highest BCUT2D eigenvalue weighted by Crippen LogP contribution is 2.18. The van der Waals surface area contributed by atoms with Crippen molar-refractivity contribution in [2.45, 2.75) is 38.1 Å².